The lowest BCUT2D eigenvalue weighted by Crippen LogP contribution is -2.35. The number of carboxylic acid groups (broad SMARTS) is 1. The summed E-state index contributed by atoms with van der Waals surface area (Å²) in [5, 5.41) is 17.4. The van der Waals surface area contributed by atoms with E-state index in [1.807, 2.05) is 0 Å². The lowest BCUT2D eigenvalue weighted by molar-refractivity contribution is -0.133. The fourth-order valence-electron chi connectivity index (χ4n) is 1.08. The summed E-state index contributed by atoms with van der Waals surface area (Å²) in [6.45, 7) is 8.66. The van der Waals surface area contributed by atoms with Gasteiger partial charge in [0.1, 0.15) is 0 Å². The first-order valence-corrected chi connectivity index (χ1v) is 4.86. The van der Waals surface area contributed by atoms with E-state index in [1.165, 1.54) is 4.90 Å². The number of aliphatic carboxylic acids is 1. The molecule has 0 aliphatic carbocycles. The maximum absolute atomic E-state index is 11.6. The molecule has 0 spiro atoms. The van der Waals surface area contributed by atoms with Gasteiger partial charge < -0.3 is 15.1 Å². The van der Waals surface area contributed by atoms with Crippen molar-refractivity contribution in [2.45, 2.75) is 13.3 Å². The van der Waals surface area contributed by atoms with Crippen LogP contribution >= 0.6 is 0 Å². The molecular formula is C11H17NO4. The van der Waals surface area contributed by atoms with Gasteiger partial charge in [0.05, 0.1) is 6.61 Å². The highest BCUT2D eigenvalue weighted by Gasteiger charge is 2.14. The molecule has 0 aliphatic heterocycles. The van der Waals surface area contributed by atoms with E-state index in [2.05, 4.69) is 13.2 Å². The Hall–Kier alpha value is -1.62. The van der Waals surface area contributed by atoms with Crippen LogP contribution in [0.15, 0.2) is 24.3 Å². The lowest BCUT2D eigenvalue weighted by Gasteiger charge is -2.21. The highest BCUT2D eigenvalue weighted by atomic mass is 16.4. The first-order valence-electron chi connectivity index (χ1n) is 4.86. The average Bonchev–Trinajstić information content (AvgIpc) is 2.22. The summed E-state index contributed by atoms with van der Waals surface area (Å²) < 4.78 is 0. The second kappa shape index (κ2) is 6.79. The van der Waals surface area contributed by atoms with Crippen molar-refractivity contribution >= 4 is 11.9 Å². The van der Waals surface area contributed by atoms with Gasteiger partial charge in [-0.15, -0.1) is 0 Å². The minimum Gasteiger partial charge on any atom is -0.478 e. The highest BCUT2D eigenvalue weighted by Crippen LogP contribution is 2.04. The van der Waals surface area contributed by atoms with E-state index < -0.39 is 5.97 Å². The third kappa shape index (κ3) is 4.75. The number of hydrogen-bond acceptors (Lipinski definition) is 3. The molecule has 0 radical (unpaired) electrons. The smallest absolute Gasteiger partial charge is 0.331 e. The van der Waals surface area contributed by atoms with E-state index in [0.29, 0.717) is 5.57 Å². The number of amides is 1. The Morgan fingerprint density at radius 1 is 1.25 bits per heavy atom. The molecule has 0 saturated carbocycles. The third-order valence-corrected chi connectivity index (χ3v) is 2.01. The van der Waals surface area contributed by atoms with Crippen LogP contribution in [0.5, 0.6) is 0 Å². The number of rotatable bonds is 7. The van der Waals surface area contributed by atoms with Crippen LogP contribution in [0.1, 0.15) is 13.3 Å². The molecule has 0 aromatic rings. The number of nitrogens with zero attached hydrogens (tertiary/aromatic N) is 1. The normalized spacial score (nSPS) is 9.62. The minimum absolute atomic E-state index is 0.0393. The number of carbonyl (C=O) groups excluding carboxylic acids is 1. The average molecular weight is 227 g/mol. The van der Waals surface area contributed by atoms with Crippen molar-refractivity contribution in [3.63, 3.8) is 0 Å². The van der Waals surface area contributed by atoms with Crippen molar-refractivity contribution in [1.29, 1.82) is 0 Å². The number of carboxylic acids is 1. The number of aliphatic hydroxyl groups excluding tert-OH is 1. The van der Waals surface area contributed by atoms with Crippen molar-refractivity contribution < 1.29 is 19.8 Å². The Morgan fingerprint density at radius 3 is 2.19 bits per heavy atom. The van der Waals surface area contributed by atoms with Crippen molar-refractivity contribution in [3.8, 4) is 0 Å². The fraction of sp³-hybridized carbons (Fsp3) is 0.455. The van der Waals surface area contributed by atoms with Crippen LogP contribution in [0.2, 0.25) is 0 Å². The SMILES string of the molecule is C=C(C)C(=O)N(CCO)CCC(=C)C(=O)O. The quantitative estimate of drug-likeness (QED) is 0.618. The summed E-state index contributed by atoms with van der Waals surface area (Å²) in [4.78, 5) is 23.4. The highest BCUT2D eigenvalue weighted by molar-refractivity contribution is 5.92. The third-order valence-electron chi connectivity index (χ3n) is 2.01. The fourth-order valence-corrected chi connectivity index (χ4v) is 1.08. The Balaban J connectivity index is 4.35. The molecule has 0 aliphatic rings. The zero-order valence-electron chi connectivity index (χ0n) is 9.40. The topological polar surface area (TPSA) is 77.8 Å². The molecule has 0 rings (SSSR count). The van der Waals surface area contributed by atoms with Gasteiger partial charge in [0, 0.05) is 24.2 Å². The van der Waals surface area contributed by atoms with Gasteiger partial charge in [-0.3, -0.25) is 4.79 Å². The first kappa shape index (κ1) is 14.4. The standard InChI is InChI=1S/C11H17NO4/c1-8(2)10(14)12(6-7-13)5-4-9(3)11(15)16/h13H,1,3-7H2,2H3,(H,15,16). The van der Waals surface area contributed by atoms with Crippen LogP contribution in [0.25, 0.3) is 0 Å². The molecule has 90 valence electrons. The molecule has 0 aromatic heterocycles. The summed E-state index contributed by atoms with van der Waals surface area (Å²) in [7, 11) is 0. The molecule has 0 fully saturated rings. The van der Waals surface area contributed by atoms with Crippen LogP contribution < -0.4 is 0 Å². The first-order chi connectivity index (χ1) is 7.40. The zero-order chi connectivity index (χ0) is 12.7. The molecule has 1 amide bonds. The molecular weight excluding hydrogens is 210 g/mol. The number of aliphatic hydroxyl groups is 1. The molecule has 0 bridgehead atoms. The van der Waals surface area contributed by atoms with Crippen LogP contribution in [0.3, 0.4) is 0 Å². The summed E-state index contributed by atoms with van der Waals surface area (Å²) in [6.07, 6.45) is 0.175. The van der Waals surface area contributed by atoms with Crippen LogP contribution in [0, 0.1) is 0 Å². The van der Waals surface area contributed by atoms with E-state index in [0.717, 1.165) is 0 Å². The van der Waals surface area contributed by atoms with E-state index in [9.17, 15) is 9.59 Å². The van der Waals surface area contributed by atoms with Gasteiger partial charge in [-0.1, -0.05) is 13.2 Å². The number of carbonyl (C=O) groups is 2. The van der Waals surface area contributed by atoms with Crippen molar-refractivity contribution in [2.75, 3.05) is 19.7 Å². The Bertz CT molecular complexity index is 309. The van der Waals surface area contributed by atoms with Gasteiger partial charge in [0.15, 0.2) is 0 Å². The van der Waals surface area contributed by atoms with Gasteiger partial charge in [-0.05, 0) is 13.3 Å². The molecule has 0 atom stereocenters. The minimum atomic E-state index is -1.08. The Kier molecular flexibility index (Phi) is 6.10. The Morgan fingerprint density at radius 2 is 1.81 bits per heavy atom. The lowest BCUT2D eigenvalue weighted by atomic mass is 10.2. The van der Waals surface area contributed by atoms with Gasteiger partial charge in [-0.25, -0.2) is 4.79 Å². The molecule has 5 heteroatoms. The summed E-state index contributed by atoms with van der Waals surface area (Å²) in [5.74, 6) is -1.36. The second-order valence-electron chi connectivity index (χ2n) is 3.45. The molecule has 0 saturated heterocycles. The van der Waals surface area contributed by atoms with E-state index in [1.54, 1.807) is 6.92 Å². The van der Waals surface area contributed by atoms with Crippen molar-refractivity contribution in [2.24, 2.45) is 0 Å². The summed E-state index contributed by atoms with van der Waals surface area (Å²) in [6, 6.07) is 0. The predicted molar refractivity (Wildman–Crippen MR) is 59.9 cm³/mol. The predicted octanol–water partition coefficient (Wildman–Crippen LogP) is 0.414. The largest absolute Gasteiger partial charge is 0.478 e. The van der Waals surface area contributed by atoms with Crippen molar-refractivity contribution in [1.82, 2.24) is 4.90 Å². The molecule has 0 unspecified atom stereocenters. The van der Waals surface area contributed by atoms with E-state index in [4.69, 9.17) is 10.2 Å². The molecule has 0 heterocycles. The molecule has 0 aromatic carbocycles. The zero-order valence-corrected chi connectivity index (χ0v) is 9.40. The van der Waals surface area contributed by atoms with Crippen molar-refractivity contribution in [3.05, 3.63) is 24.3 Å². The van der Waals surface area contributed by atoms with Crippen LogP contribution in [0.4, 0.5) is 0 Å². The number of hydrogen-bond donors (Lipinski definition) is 2. The molecule has 5 nitrogen and oxygen atoms in total. The maximum atomic E-state index is 11.6. The van der Waals surface area contributed by atoms with Gasteiger partial charge >= 0.3 is 5.97 Å². The summed E-state index contributed by atoms with van der Waals surface area (Å²) >= 11 is 0. The molecule has 16 heavy (non-hydrogen) atoms. The monoisotopic (exact) mass is 227 g/mol. The van der Waals surface area contributed by atoms with Crippen LogP contribution in [-0.2, 0) is 9.59 Å². The maximum Gasteiger partial charge on any atom is 0.331 e. The van der Waals surface area contributed by atoms with Gasteiger partial charge in [0.25, 0.3) is 0 Å². The van der Waals surface area contributed by atoms with Gasteiger partial charge in [0.2, 0.25) is 5.91 Å². The van der Waals surface area contributed by atoms with Gasteiger partial charge in [-0.2, -0.15) is 0 Å². The second-order valence-corrected chi connectivity index (χ2v) is 3.45. The van der Waals surface area contributed by atoms with E-state index >= 15 is 0 Å². The molecule has 2 N–H and O–H groups in total. The van der Waals surface area contributed by atoms with Crippen LogP contribution in [-0.4, -0.2) is 46.7 Å². The van der Waals surface area contributed by atoms with E-state index in [-0.39, 0.29) is 37.6 Å². The summed E-state index contributed by atoms with van der Waals surface area (Å²) in [5.41, 5.74) is 0.395. The Labute approximate surface area is 94.7 Å².